The largest absolute Gasteiger partial charge is 0.466 e. The van der Waals surface area contributed by atoms with Crippen LogP contribution in [0.3, 0.4) is 0 Å². The van der Waals surface area contributed by atoms with Crippen molar-refractivity contribution in [3.8, 4) is 11.6 Å². The van der Waals surface area contributed by atoms with Crippen LogP contribution in [0, 0.1) is 6.92 Å². The van der Waals surface area contributed by atoms with Gasteiger partial charge in [-0.05, 0) is 19.1 Å². The van der Waals surface area contributed by atoms with Crippen molar-refractivity contribution in [1.82, 2.24) is 9.78 Å². The SMILES string of the molecule is COC(=O)COc1cc(C)nn1-c1ccccc1. The predicted molar refractivity (Wildman–Crippen MR) is 65.8 cm³/mol. The molecule has 0 N–H and O–H groups in total. The van der Waals surface area contributed by atoms with Crippen molar-refractivity contribution >= 4 is 5.97 Å². The van der Waals surface area contributed by atoms with E-state index in [-0.39, 0.29) is 6.61 Å². The molecule has 2 aromatic rings. The minimum Gasteiger partial charge on any atom is -0.466 e. The molecule has 0 bridgehead atoms. The van der Waals surface area contributed by atoms with Crippen LogP contribution in [0.1, 0.15) is 5.69 Å². The first-order valence-corrected chi connectivity index (χ1v) is 5.52. The van der Waals surface area contributed by atoms with Gasteiger partial charge in [0.25, 0.3) is 0 Å². The normalized spacial score (nSPS) is 10.1. The molecule has 0 aliphatic rings. The van der Waals surface area contributed by atoms with Crippen LogP contribution >= 0.6 is 0 Å². The first-order valence-electron chi connectivity index (χ1n) is 5.52. The van der Waals surface area contributed by atoms with E-state index in [1.165, 1.54) is 7.11 Å². The van der Waals surface area contributed by atoms with Crippen molar-refractivity contribution < 1.29 is 14.3 Å². The second-order valence-electron chi connectivity index (χ2n) is 3.74. The standard InChI is InChI=1S/C13H14N2O3/c1-10-8-12(18-9-13(16)17-2)15(14-10)11-6-4-3-5-7-11/h3-8H,9H2,1-2H3. The molecule has 5 nitrogen and oxygen atoms in total. The van der Waals surface area contributed by atoms with Gasteiger partial charge in [0.15, 0.2) is 6.61 Å². The molecule has 5 heteroatoms. The van der Waals surface area contributed by atoms with Gasteiger partial charge in [-0.15, -0.1) is 0 Å². The number of para-hydroxylation sites is 1. The van der Waals surface area contributed by atoms with Crippen LogP contribution in [0.4, 0.5) is 0 Å². The molecular weight excluding hydrogens is 232 g/mol. The second kappa shape index (κ2) is 5.35. The molecule has 0 aliphatic carbocycles. The van der Waals surface area contributed by atoms with Gasteiger partial charge in [0.2, 0.25) is 5.88 Å². The van der Waals surface area contributed by atoms with E-state index in [2.05, 4.69) is 9.84 Å². The average molecular weight is 246 g/mol. The third-order valence-electron chi connectivity index (χ3n) is 2.37. The number of methoxy groups -OCH3 is 1. The summed E-state index contributed by atoms with van der Waals surface area (Å²) in [6.45, 7) is 1.74. The molecule has 1 aromatic heterocycles. The van der Waals surface area contributed by atoms with Crippen LogP contribution in [0.5, 0.6) is 5.88 Å². The third-order valence-corrected chi connectivity index (χ3v) is 2.37. The van der Waals surface area contributed by atoms with Gasteiger partial charge < -0.3 is 9.47 Å². The van der Waals surface area contributed by atoms with Crippen LogP contribution in [-0.2, 0) is 9.53 Å². The van der Waals surface area contributed by atoms with Crippen LogP contribution in [0.2, 0.25) is 0 Å². The van der Waals surface area contributed by atoms with Crippen molar-refractivity contribution in [3.05, 3.63) is 42.1 Å². The summed E-state index contributed by atoms with van der Waals surface area (Å²) in [6, 6.07) is 11.4. The fourth-order valence-corrected chi connectivity index (χ4v) is 1.52. The van der Waals surface area contributed by atoms with E-state index in [1.54, 1.807) is 10.7 Å². The number of hydrogen-bond acceptors (Lipinski definition) is 4. The summed E-state index contributed by atoms with van der Waals surface area (Å²) >= 11 is 0. The molecule has 18 heavy (non-hydrogen) atoms. The summed E-state index contributed by atoms with van der Waals surface area (Å²) in [6.07, 6.45) is 0. The fourth-order valence-electron chi connectivity index (χ4n) is 1.52. The summed E-state index contributed by atoms with van der Waals surface area (Å²) in [5, 5.41) is 4.32. The summed E-state index contributed by atoms with van der Waals surface area (Å²) in [5.74, 6) is 0.0950. The molecule has 1 heterocycles. The Hall–Kier alpha value is -2.30. The Labute approximate surface area is 105 Å². The Kier molecular flexibility index (Phi) is 3.62. The average Bonchev–Trinajstić information content (AvgIpc) is 2.78. The van der Waals surface area contributed by atoms with Gasteiger partial charge in [0, 0.05) is 6.07 Å². The highest BCUT2D eigenvalue weighted by molar-refractivity contribution is 5.70. The lowest BCUT2D eigenvalue weighted by Gasteiger charge is -2.07. The maximum Gasteiger partial charge on any atom is 0.343 e. The first-order chi connectivity index (χ1) is 8.70. The zero-order chi connectivity index (χ0) is 13.0. The lowest BCUT2D eigenvalue weighted by atomic mass is 10.3. The molecule has 0 saturated heterocycles. The number of benzene rings is 1. The van der Waals surface area contributed by atoms with E-state index in [0.29, 0.717) is 5.88 Å². The molecular formula is C13H14N2O3. The summed E-state index contributed by atoms with van der Waals surface area (Å²) < 4.78 is 11.6. The smallest absolute Gasteiger partial charge is 0.343 e. The quantitative estimate of drug-likeness (QED) is 0.771. The highest BCUT2D eigenvalue weighted by Gasteiger charge is 2.10. The van der Waals surface area contributed by atoms with Crippen LogP contribution < -0.4 is 4.74 Å². The number of rotatable bonds is 4. The van der Waals surface area contributed by atoms with E-state index >= 15 is 0 Å². The Balaban J connectivity index is 2.23. The molecule has 0 radical (unpaired) electrons. The minimum atomic E-state index is -0.423. The Morgan fingerprint density at radius 3 is 2.72 bits per heavy atom. The molecule has 2 rings (SSSR count). The van der Waals surface area contributed by atoms with Crippen LogP contribution in [0.15, 0.2) is 36.4 Å². The summed E-state index contributed by atoms with van der Waals surface area (Å²) in [5.41, 5.74) is 1.70. The number of hydrogen-bond donors (Lipinski definition) is 0. The van der Waals surface area contributed by atoms with Crippen molar-refractivity contribution in [2.75, 3.05) is 13.7 Å². The Morgan fingerprint density at radius 1 is 1.33 bits per heavy atom. The van der Waals surface area contributed by atoms with Gasteiger partial charge in [0.1, 0.15) is 0 Å². The van der Waals surface area contributed by atoms with Crippen LogP contribution in [0.25, 0.3) is 5.69 Å². The van der Waals surface area contributed by atoms with E-state index in [1.807, 2.05) is 37.3 Å². The highest BCUT2D eigenvalue weighted by atomic mass is 16.6. The molecule has 0 saturated carbocycles. The predicted octanol–water partition coefficient (Wildman–Crippen LogP) is 1.73. The molecule has 0 spiro atoms. The maximum atomic E-state index is 11.1. The monoisotopic (exact) mass is 246 g/mol. The molecule has 0 fully saturated rings. The maximum absolute atomic E-state index is 11.1. The number of aryl methyl sites for hydroxylation is 1. The molecule has 0 atom stereocenters. The number of aromatic nitrogens is 2. The lowest BCUT2D eigenvalue weighted by Crippen LogP contribution is -2.14. The Morgan fingerprint density at radius 2 is 2.06 bits per heavy atom. The molecule has 0 unspecified atom stereocenters. The zero-order valence-electron chi connectivity index (χ0n) is 10.3. The topological polar surface area (TPSA) is 53.4 Å². The lowest BCUT2D eigenvalue weighted by molar-refractivity contribution is -0.143. The van der Waals surface area contributed by atoms with Crippen molar-refractivity contribution in [3.63, 3.8) is 0 Å². The Bertz CT molecular complexity index is 534. The van der Waals surface area contributed by atoms with Gasteiger partial charge in [-0.3, -0.25) is 0 Å². The number of esters is 1. The van der Waals surface area contributed by atoms with E-state index < -0.39 is 5.97 Å². The van der Waals surface area contributed by atoms with Gasteiger partial charge in [-0.25, -0.2) is 9.48 Å². The van der Waals surface area contributed by atoms with Crippen molar-refractivity contribution in [2.45, 2.75) is 6.92 Å². The molecule has 1 aromatic carbocycles. The van der Waals surface area contributed by atoms with Gasteiger partial charge in [-0.2, -0.15) is 5.10 Å². The van der Waals surface area contributed by atoms with E-state index in [9.17, 15) is 4.79 Å². The fraction of sp³-hybridized carbons (Fsp3) is 0.231. The van der Waals surface area contributed by atoms with Crippen LogP contribution in [-0.4, -0.2) is 29.5 Å². The number of nitrogens with zero attached hydrogens (tertiary/aromatic N) is 2. The minimum absolute atomic E-state index is 0.130. The summed E-state index contributed by atoms with van der Waals surface area (Å²) in [7, 11) is 1.32. The zero-order valence-corrected chi connectivity index (χ0v) is 10.3. The van der Waals surface area contributed by atoms with E-state index in [4.69, 9.17) is 4.74 Å². The highest BCUT2D eigenvalue weighted by Crippen LogP contribution is 2.18. The van der Waals surface area contributed by atoms with Gasteiger partial charge >= 0.3 is 5.97 Å². The van der Waals surface area contributed by atoms with Crippen molar-refractivity contribution in [1.29, 1.82) is 0 Å². The molecule has 94 valence electrons. The third kappa shape index (κ3) is 2.68. The number of ether oxygens (including phenoxy) is 2. The van der Waals surface area contributed by atoms with Gasteiger partial charge in [-0.1, -0.05) is 18.2 Å². The first kappa shape index (κ1) is 12.2. The van der Waals surface area contributed by atoms with E-state index in [0.717, 1.165) is 11.4 Å². The molecule has 0 amide bonds. The second-order valence-corrected chi connectivity index (χ2v) is 3.74. The summed E-state index contributed by atoms with van der Waals surface area (Å²) in [4.78, 5) is 11.1. The molecule has 0 aliphatic heterocycles. The number of carbonyl (C=O) groups excluding carboxylic acids is 1. The number of carbonyl (C=O) groups is 1. The van der Waals surface area contributed by atoms with Crippen molar-refractivity contribution in [2.24, 2.45) is 0 Å². The van der Waals surface area contributed by atoms with Gasteiger partial charge in [0.05, 0.1) is 18.5 Å².